The van der Waals surface area contributed by atoms with Crippen LogP contribution >= 0.6 is 0 Å². The molecule has 0 spiro atoms. The molecule has 0 saturated carbocycles. The molecule has 2 aromatic rings. The molecule has 0 fully saturated rings. The molecule has 0 bridgehead atoms. The molecule has 2 N–H and O–H groups in total. The van der Waals surface area contributed by atoms with Crippen molar-refractivity contribution in [1.29, 1.82) is 0 Å². The number of nitrogens with zero attached hydrogens (tertiary/aromatic N) is 1. The van der Waals surface area contributed by atoms with Gasteiger partial charge in [-0.25, -0.2) is 0 Å². The number of amides is 1. The molecule has 0 atom stereocenters. The van der Waals surface area contributed by atoms with Crippen LogP contribution in [0.4, 0.5) is 5.69 Å². The van der Waals surface area contributed by atoms with Gasteiger partial charge in [-0.2, -0.15) is 0 Å². The number of rotatable bonds is 4. The second-order valence-corrected chi connectivity index (χ2v) is 4.88. The molecular weight excluding hydrogens is 248 g/mol. The van der Waals surface area contributed by atoms with Crippen molar-refractivity contribution in [3.8, 4) is 0 Å². The molecule has 20 heavy (non-hydrogen) atoms. The van der Waals surface area contributed by atoms with Crippen LogP contribution < -0.4 is 5.73 Å². The third kappa shape index (κ3) is 3.18. The number of carbonyl (C=O) groups is 1. The zero-order valence-electron chi connectivity index (χ0n) is 12.0. The van der Waals surface area contributed by atoms with Crippen LogP contribution in [-0.2, 0) is 6.54 Å². The summed E-state index contributed by atoms with van der Waals surface area (Å²) < 4.78 is 0. The van der Waals surface area contributed by atoms with Gasteiger partial charge in [-0.1, -0.05) is 30.3 Å². The number of carbonyl (C=O) groups excluding carboxylic acids is 1. The highest BCUT2D eigenvalue weighted by Crippen LogP contribution is 2.16. The molecule has 0 aromatic heterocycles. The van der Waals surface area contributed by atoms with Crippen LogP contribution in [0.5, 0.6) is 0 Å². The van der Waals surface area contributed by atoms with E-state index in [1.54, 1.807) is 12.1 Å². The summed E-state index contributed by atoms with van der Waals surface area (Å²) in [6, 6.07) is 15.4. The van der Waals surface area contributed by atoms with Gasteiger partial charge in [-0.3, -0.25) is 4.79 Å². The Kier molecular flexibility index (Phi) is 4.41. The summed E-state index contributed by atoms with van der Waals surface area (Å²) in [5, 5.41) is 0. The highest BCUT2D eigenvalue weighted by atomic mass is 16.2. The zero-order chi connectivity index (χ0) is 14.5. The van der Waals surface area contributed by atoms with E-state index in [0.29, 0.717) is 18.8 Å². The van der Waals surface area contributed by atoms with Crippen molar-refractivity contribution in [2.45, 2.75) is 20.4 Å². The van der Waals surface area contributed by atoms with E-state index in [-0.39, 0.29) is 5.91 Å². The summed E-state index contributed by atoms with van der Waals surface area (Å²) in [5.74, 6) is 0.0499. The van der Waals surface area contributed by atoms with Gasteiger partial charge in [-0.15, -0.1) is 0 Å². The number of nitrogens with two attached hydrogens (primary N) is 1. The summed E-state index contributed by atoms with van der Waals surface area (Å²) in [7, 11) is 0. The molecule has 0 heterocycles. The van der Waals surface area contributed by atoms with Crippen molar-refractivity contribution in [3.05, 3.63) is 65.2 Å². The van der Waals surface area contributed by atoms with Crippen LogP contribution in [0.25, 0.3) is 0 Å². The smallest absolute Gasteiger partial charge is 0.254 e. The molecule has 0 saturated heterocycles. The second-order valence-electron chi connectivity index (χ2n) is 4.88. The number of anilines is 1. The predicted octanol–water partition coefficient (Wildman–Crippen LogP) is 3.24. The molecule has 104 valence electrons. The highest BCUT2D eigenvalue weighted by Gasteiger charge is 2.16. The second kappa shape index (κ2) is 6.24. The van der Waals surface area contributed by atoms with E-state index in [4.69, 9.17) is 5.73 Å². The van der Waals surface area contributed by atoms with E-state index in [0.717, 1.165) is 16.7 Å². The Morgan fingerprint density at radius 2 is 1.85 bits per heavy atom. The van der Waals surface area contributed by atoms with E-state index < -0.39 is 0 Å². The van der Waals surface area contributed by atoms with Crippen LogP contribution in [0, 0.1) is 6.92 Å². The minimum Gasteiger partial charge on any atom is -0.399 e. The maximum Gasteiger partial charge on any atom is 0.254 e. The normalized spacial score (nSPS) is 10.3. The Bertz CT molecular complexity index is 593. The Labute approximate surface area is 120 Å². The van der Waals surface area contributed by atoms with Crippen molar-refractivity contribution in [2.75, 3.05) is 12.3 Å². The maximum absolute atomic E-state index is 12.6. The molecule has 1 amide bonds. The van der Waals surface area contributed by atoms with Crippen LogP contribution in [0.2, 0.25) is 0 Å². The zero-order valence-corrected chi connectivity index (χ0v) is 12.0. The predicted molar refractivity (Wildman–Crippen MR) is 82.4 cm³/mol. The van der Waals surface area contributed by atoms with Crippen molar-refractivity contribution < 1.29 is 4.79 Å². The lowest BCUT2D eigenvalue weighted by atomic mass is 10.1. The fourth-order valence-corrected chi connectivity index (χ4v) is 2.23. The SMILES string of the molecule is CCN(Cc1ccccc1)C(=O)c1ccc(N)cc1C. The van der Waals surface area contributed by atoms with Gasteiger partial charge in [0.05, 0.1) is 0 Å². The fourth-order valence-electron chi connectivity index (χ4n) is 2.23. The quantitative estimate of drug-likeness (QED) is 0.865. The Balaban J connectivity index is 2.21. The first-order valence-corrected chi connectivity index (χ1v) is 6.81. The Morgan fingerprint density at radius 1 is 1.15 bits per heavy atom. The minimum absolute atomic E-state index is 0.0499. The summed E-state index contributed by atoms with van der Waals surface area (Å²) in [6.45, 7) is 5.21. The molecule has 2 rings (SSSR count). The molecule has 0 aliphatic carbocycles. The van der Waals surface area contributed by atoms with Gasteiger partial charge in [0.1, 0.15) is 0 Å². The Morgan fingerprint density at radius 3 is 2.45 bits per heavy atom. The van der Waals surface area contributed by atoms with E-state index in [2.05, 4.69) is 0 Å². The maximum atomic E-state index is 12.6. The lowest BCUT2D eigenvalue weighted by molar-refractivity contribution is 0.0752. The first-order chi connectivity index (χ1) is 9.61. The number of hydrogen-bond donors (Lipinski definition) is 1. The summed E-state index contributed by atoms with van der Waals surface area (Å²) in [5.41, 5.74) is 9.19. The summed E-state index contributed by atoms with van der Waals surface area (Å²) in [6.07, 6.45) is 0. The molecule has 2 aromatic carbocycles. The van der Waals surface area contributed by atoms with E-state index in [1.807, 2.05) is 55.1 Å². The summed E-state index contributed by atoms with van der Waals surface area (Å²) in [4.78, 5) is 14.4. The third-order valence-corrected chi connectivity index (χ3v) is 3.37. The first kappa shape index (κ1) is 14.1. The monoisotopic (exact) mass is 268 g/mol. The van der Waals surface area contributed by atoms with Gasteiger partial charge in [0, 0.05) is 24.3 Å². The molecule has 0 aliphatic rings. The average molecular weight is 268 g/mol. The van der Waals surface area contributed by atoms with Gasteiger partial charge in [0.15, 0.2) is 0 Å². The number of aryl methyl sites for hydroxylation is 1. The lowest BCUT2D eigenvalue weighted by Crippen LogP contribution is -2.30. The van der Waals surface area contributed by atoms with Crippen LogP contribution in [0.15, 0.2) is 48.5 Å². The van der Waals surface area contributed by atoms with Crippen molar-refractivity contribution >= 4 is 11.6 Å². The van der Waals surface area contributed by atoms with Crippen LogP contribution in [-0.4, -0.2) is 17.4 Å². The molecule has 0 aliphatic heterocycles. The van der Waals surface area contributed by atoms with Gasteiger partial charge >= 0.3 is 0 Å². The number of benzene rings is 2. The van der Waals surface area contributed by atoms with Gasteiger partial charge in [-0.05, 0) is 43.2 Å². The molecule has 0 unspecified atom stereocenters. The molecule has 3 nitrogen and oxygen atoms in total. The van der Waals surface area contributed by atoms with Crippen molar-refractivity contribution in [3.63, 3.8) is 0 Å². The van der Waals surface area contributed by atoms with Gasteiger partial charge in [0.25, 0.3) is 5.91 Å². The largest absolute Gasteiger partial charge is 0.399 e. The number of hydrogen-bond acceptors (Lipinski definition) is 2. The summed E-state index contributed by atoms with van der Waals surface area (Å²) >= 11 is 0. The van der Waals surface area contributed by atoms with Crippen molar-refractivity contribution in [2.24, 2.45) is 0 Å². The molecular formula is C17H20N2O. The van der Waals surface area contributed by atoms with Crippen LogP contribution in [0.1, 0.15) is 28.4 Å². The lowest BCUT2D eigenvalue weighted by Gasteiger charge is -2.22. The van der Waals surface area contributed by atoms with Crippen LogP contribution in [0.3, 0.4) is 0 Å². The Hall–Kier alpha value is -2.29. The minimum atomic E-state index is 0.0499. The topological polar surface area (TPSA) is 46.3 Å². The van der Waals surface area contributed by atoms with E-state index >= 15 is 0 Å². The average Bonchev–Trinajstić information content (AvgIpc) is 2.45. The fraction of sp³-hybridized carbons (Fsp3) is 0.235. The van der Waals surface area contributed by atoms with E-state index in [9.17, 15) is 4.79 Å². The number of nitrogen functional groups attached to an aromatic ring is 1. The van der Waals surface area contributed by atoms with Gasteiger partial charge < -0.3 is 10.6 Å². The molecule has 0 radical (unpaired) electrons. The first-order valence-electron chi connectivity index (χ1n) is 6.81. The molecule has 3 heteroatoms. The third-order valence-electron chi connectivity index (χ3n) is 3.37. The van der Waals surface area contributed by atoms with Gasteiger partial charge in [0.2, 0.25) is 0 Å². The van der Waals surface area contributed by atoms with Crippen molar-refractivity contribution in [1.82, 2.24) is 4.90 Å². The highest BCUT2D eigenvalue weighted by molar-refractivity contribution is 5.96. The standard InChI is InChI=1S/C17H20N2O/c1-3-19(12-14-7-5-4-6-8-14)17(20)16-10-9-15(18)11-13(16)2/h4-11H,3,12,18H2,1-2H3. The van der Waals surface area contributed by atoms with E-state index in [1.165, 1.54) is 0 Å².